The fraction of sp³-hybridized carbons (Fsp3) is 0.150. The van der Waals surface area contributed by atoms with Gasteiger partial charge in [-0.3, -0.25) is 0 Å². The Hall–Kier alpha value is -2.61. The van der Waals surface area contributed by atoms with Gasteiger partial charge in [0.25, 0.3) is 6.23 Å². The summed E-state index contributed by atoms with van der Waals surface area (Å²) in [5.41, 5.74) is 3.60. The second kappa shape index (κ2) is 4.99. The maximum Gasteiger partial charge on any atom is 0.299 e. The smallest absolute Gasteiger partial charge is 0.299 e. The molecule has 0 amide bonds. The number of fused-ring (bicyclic) bond motifs is 2. The van der Waals surface area contributed by atoms with E-state index in [-0.39, 0.29) is 6.23 Å². The van der Waals surface area contributed by atoms with Crippen LogP contribution in [0.2, 0.25) is 0 Å². The fourth-order valence-electron chi connectivity index (χ4n) is 3.14. The van der Waals surface area contributed by atoms with Crippen LogP contribution in [0.5, 0.6) is 5.75 Å². The maximum atomic E-state index is 6.10. The molecule has 3 aromatic rings. The molecule has 1 atom stereocenters. The van der Waals surface area contributed by atoms with Crippen molar-refractivity contribution in [1.29, 1.82) is 0 Å². The number of hydrogen-bond acceptors (Lipinski definition) is 1. The minimum atomic E-state index is -0.0283. The van der Waals surface area contributed by atoms with E-state index in [1.807, 2.05) is 18.2 Å². The van der Waals surface area contributed by atoms with Gasteiger partial charge in [-0.05, 0) is 30.5 Å². The molecule has 108 valence electrons. The number of hydrogen-bond donors (Lipinski definition) is 0. The van der Waals surface area contributed by atoms with Crippen LogP contribution in [0.3, 0.4) is 0 Å². The van der Waals surface area contributed by atoms with E-state index in [4.69, 9.17) is 4.74 Å². The third-order valence-corrected chi connectivity index (χ3v) is 4.25. The summed E-state index contributed by atoms with van der Waals surface area (Å²) in [6.07, 6.45) is 2.16. The summed E-state index contributed by atoms with van der Waals surface area (Å²) in [5, 5.41) is 2.51. The monoisotopic (exact) mass is 288 g/mol. The number of ether oxygens (including phenoxy) is 1. The number of rotatable bonds is 1. The number of aryl methyl sites for hydroxylation is 1. The van der Waals surface area contributed by atoms with Gasteiger partial charge in [0.05, 0.1) is 10.9 Å². The summed E-state index contributed by atoms with van der Waals surface area (Å²) in [6, 6.07) is 21.0. The van der Waals surface area contributed by atoms with Crippen molar-refractivity contribution in [3.63, 3.8) is 0 Å². The molecule has 3 aromatic carbocycles. The first-order valence-electron chi connectivity index (χ1n) is 7.61. The molecule has 0 bridgehead atoms. The Labute approximate surface area is 130 Å². The molecule has 1 aliphatic heterocycles. The van der Waals surface area contributed by atoms with Crippen LogP contribution in [0.15, 0.2) is 60.7 Å². The third-order valence-electron chi connectivity index (χ3n) is 4.25. The summed E-state index contributed by atoms with van der Waals surface area (Å²) < 4.78 is 8.33. The zero-order valence-electron chi connectivity index (χ0n) is 12.8. The summed E-state index contributed by atoms with van der Waals surface area (Å²) >= 11 is 0. The molecule has 1 heterocycles. The normalized spacial score (nSPS) is 16.8. The van der Waals surface area contributed by atoms with E-state index in [9.17, 15) is 0 Å². The predicted octanol–water partition coefficient (Wildman–Crippen LogP) is 4.65. The van der Waals surface area contributed by atoms with Crippen LogP contribution < -0.4 is 4.74 Å². The topological polar surface area (TPSA) is 12.2 Å². The minimum absolute atomic E-state index is 0.0283. The lowest BCUT2D eigenvalue weighted by Crippen LogP contribution is -2.31. The first-order chi connectivity index (χ1) is 10.7. The quantitative estimate of drug-likeness (QED) is 0.594. The van der Waals surface area contributed by atoms with Gasteiger partial charge in [0.2, 0.25) is 5.69 Å². The van der Waals surface area contributed by atoms with Crippen molar-refractivity contribution in [3.05, 3.63) is 71.8 Å². The van der Waals surface area contributed by atoms with E-state index < -0.39 is 0 Å². The van der Waals surface area contributed by atoms with Gasteiger partial charge in [0.1, 0.15) is 5.75 Å². The Morgan fingerprint density at radius 3 is 2.59 bits per heavy atom. The zero-order valence-corrected chi connectivity index (χ0v) is 12.8. The molecule has 0 aliphatic carbocycles. The van der Waals surface area contributed by atoms with Gasteiger partial charge in [-0.15, -0.1) is 0 Å². The molecule has 4 rings (SSSR count). The lowest BCUT2D eigenvalue weighted by molar-refractivity contribution is -0.521. The van der Waals surface area contributed by atoms with Crippen molar-refractivity contribution in [1.82, 2.24) is 0 Å². The molecule has 2 heteroatoms. The predicted molar refractivity (Wildman–Crippen MR) is 90.3 cm³/mol. The number of para-hydroxylation sites is 1. The van der Waals surface area contributed by atoms with Gasteiger partial charge in [0, 0.05) is 12.5 Å². The fourth-order valence-corrected chi connectivity index (χ4v) is 3.14. The Bertz CT molecular complexity index is 895. The van der Waals surface area contributed by atoms with Crippen molar-refractivity contribution < 1.29 is 9.31 Å². The van der Waals surface area contributed by atoms with E-state index in [2.05, 4.69) is 67.1 Å². The largest absolute Gasteiger partial charge is 0.433 e. The van der Waals surface area contributed by atoms with Crippen molar-refractivity contribution in [2.24, 2.45) is 0 Å². The van der Waals surface area contributed by atoms with Crippen molar-refractivity contribution in [3.8, 4) is 5.75 Å². The summed E-state index contributed by atoms with van der Waals surface area (Å²) in [5.74, 6) is 0.948. The molecular formula is C20H18NO+. The van der Waals surface area contributed by atoms with Crippen LogP contribution in [0.4, 0.5) is 5.69 Å². The molecule has 0 spiro atoms. The maximum absolute atomic E-state index is 6.10. The van der Waals surface area contributed by atoms with Crippen LogP contribution in [-0.4, -0.2) is 17.0 Å². The summed E-state index contributed by atoms with van der Waals surface area (Å²) in [7, 11) is 0. The van der Waals surface area contributed by atoms with Crippen LogP contribution in [0.25, 0.3) is 10.8 Å². The highest BCUT2D eigenvalue weighted by Gasteiger charge is 2.29. The first kappa shape index (κ1) is 13.1. The molecule has 22 heavy (non-hydrogen) atoms. The van der Waals surface area contributed by atoms with Crippen LogP contribution in [0.1, 0.15) is 18.1 Å². The number of nitrogens with zero attached hydrogens (tertiary/aromatic N) is 1. The SMILES string of the molecule is Cc1ccc2ccccc2c1[N+]1=Cc2ccccc2OC1C. The van der Waals surface area contributed by atoms with Crippen LogP contribution >= 0.6 is 0 Å². The molecule has 0 saturated carbocycles. The number of benzene rings is 3. The Balaban J connectivity index is 1.99. The molecule has 0 saturated heterocycles. The molecule has 0 N–H and O–H groups in total. The highest BCUT2D eigenvalue weighted by molar-refractivity contribution is 5.93. The van der Waals surface area contributed by atoms with E-state index >= 15 is 0 Å². The lowest BCUT2D eigenvalue weighted by Gasteiger charge is -2.21. The zero-order chi connectivity index (χ0) is 15.1. The second-order valence-corrected chi connectivity index (χ2v) is 5.74. The molecular weight excluding hydrogens is 270 g/mol. The summed E-state index contributed by atoms with van der Waals surface area (Å²) in [4.78, 5) is 0. The minimum Gasteiger partial charge on any atom is -0.433 e. The molecule has 0 fully saturated rings. The van der Waals surface area contributed by atoms with Crippen LogP contribution in [-0.2, 0) is 0 Å². The van der Waals surface area contributed by atoms with Crippen LogP contribution in [0, 0.1) is 6.92 Å². The van der Waals surface area contributed by atoms with Gasteiger partial charge in [0.15, 0.2) is 6.21 Å². The Morgan fingerprint density at radius 1 is 0.909 bits per heavy atom. The summed E-state index contributed by atoms with van der Waals surface area (Å²) in [6.45, 7) is 4.25. The molecule has 0 aromatic heterocycles. The standard InChI is InChI=1S/C20H18NO/c1-14-11-12-16-7-3-5-9-18(16)20(14)21-13-17-8-4-6-10-19(17)22-15(21)2/h3-13,15H,1-2H3/q+1. The molecule has 1 unspecified atom stereocenters. The van der Waals surface area contributed by atoms with Gasteiger partial charge >= 0.3 is 0 Å². The average molecular weight is 288 g/mol. The molecule has 2 nitrogen and oxygen atoms in total. The van der Waals surface area contributed by atoms with E-state index in [0.717, 1.165) is 11.3 Å². The van der Waals surface area contributed by atoms with Crippen molar-refractivity contribution >= 4 is 22.7 Å². The van der Waals surface area contributed by atoms with E-state index in [0.29, 0.717) is 0 Å². The Kier molecular flexibility index (Phi) is 2.97. The second-order valence-electron chi connectivity index (χ2n) is 5.74. The third kappa shape index (κ3) is 2.00. The average Bonchev–Trinajstić information content (AvgIpc) is 2.54. The van der Waals surface area contributed by atoms with E-state index in [1.165, 1.54) is 22.0 Å². The lowest BCUT2D eigenvalue weighted by atomic mass is 10.0. The highest BCUT2D eigenvalue weighted by Crippen LogP contribution is 2.33. The van der Waals surface area contributed by atoms with Gasteiger partial charge < -0.3 is 4.74 Å². The van der Waals surface area contributed by atoms with E-state index in [1.54, 1.807) is 0 Å². The molecule has 1 aliphatic rings. The Morgan fingerprint density at radius 2 is 1.68 bits per heavy atom. The first-order valence-corrected chi connectivity index (χ1v) is 7.61. The van der Waals surface area contributed by atoms with Gasteiger partial charge in [-0.25, -0.2) is 0 Å². The highest BCUT2D eigenvalue weighted by atomic mass is 16.5. The molecule has 0 radical (unpaired) electrons. The van der Waals surface area contributed by atoms with Gasteiger partial charge in [-0.2, -0.15) is 4.58 Å². The van der Waals surface area contributed by atoms with Gasteiger partial charge in [-0.1, -0.05) is 42.5 Å². The van der Waals surface area contributed by atoms with Crippen molar-refractivity contribution in [2.45, 2.75) is 20.1 Å². The van der Waals surface area contributed by atoms with Crippen molar-refractivity contribution in [2.75, 3.05) is 0 Å².